The Morgan fingerprint density at radius 3 is 2.28 bits per heavy atom. The Labute approximate surface area is 107 Å². The summed E-state index contributed by atoms with van der Waals surface area (Å²) in [6.07, 6.45) is 0.694. The van der Waals surface area contributed by atoms with E-state index in [2.05, 4.69) is 10.6 Å². The number of amides is 3. The topological polar surface area (TPSA) is 95.5 Å². The molecule has 0 radical (unpaired) electrons. The SMILES string of the molecule is CCC(C)CNC(=O)NC(=O)CC(C)(C)C(=O)O. The van der Waals surface area contributed by atoms with Crippen LogP contribution in [0.5, 0.6) is 0 Å². The van der Waals surface area contributed by atoms with E-state index < -0.39 is 23.3 Å². The Balaban J connectivity index is 4.09. The van der Waals surface area contributed by atoms with E-state index in [-0.39, 0.29) is 6.42 Å². The van der Waals surface area contributed by atoms with Crippen molar-refractivity contribution in [2.45, 2.75) is 40.5 Å². The van der Waals surface area contributed by atoms with Crippen molar-refractivity contribution in [3.8, 4) is 0 Å². The van der Waals surface area contributed by atoms with Crippen molar-refractivity contribution < 1.29 is 19.5 Å². The highest BCUT2D eigenvalue weighted by molar-refractivity contribution is 5.96. The molecule has 104 valence electrons. The van der Waals surface area contributed by atoms with Gasteiger partial charge in [-0.25, -0.2) is 4.79 Å². The second-order valence-corrected chi connectivity index (χ2v) is 5.14. The van der Waals surface area contributed by atoms with Gasteiger partial charge in [-0.15, -0.1) is 0 Å². The van der Waals surface area contributed by atoms with Crippen LogP contribution in [0.2, 0.25) is 0 Å². The second-order valence-electron chi connectivity index (χ2n) is 5.14. The highest BCUT2D eigenvalue weighted by Crippen LogP contribution is 2.19. The van der Waals surface area contributed by atoms with Crippen molar-refractivity contribution in [2.24, 2.45) is 11.3 Å². The van der Waals surface area contributed by atoms with E-state index >= 15 is 0 Å². The molecule has 0 aromatic carbocycles. The second kappa shape index (κ2) is 6.98. The Morgan fingerprint density at radius 2 is 1.83 bits per heavy atom. The number of carbonyl (C=O) groups excluding carboxylic acids is 2. The third-order valence-corrected chi connectivity index (χ3v) is 2.74. The predicted octanol–water partition coefficient (Wildman–Crippen LogP) is 1.36. The largest absolute Gasteiger partial charge is 0.481 e. The summed E-state index contributed by atoms with van der Waals surface area (Å²) in [5, 5.41) is 13.5. The van der Waals surface area contributed by atoms with Crippen molar-refractivity contribution in [1.82, 2.24) is 10.6 Å². The lowest BCUT2D eigenvalue weighted by Gasteiger charge is -2.18. The average molecular weight is 258 g/mol. The minimum Gasteiger partial charge on any atom is -0.481 e. The first-order chi connectivity index (χ1) is 8.19. The Kier molecular flexibility index (Phi) is 6.36. The first-order valence-corrected chi connectivity index (χ1v) is 6.00. The molecule has 0 aliphatic heterocycles. The molecule has 0 saturated heterocycles. The van der Waals surface area contributed by atoms with Gasteiger partial charge in [-0.3, -0.25) is 14.9 Å². The van der Waals surface area contributed by atoms with E-state index in [1.807, 2.05) is 13.8 Å². The summed E-state index contributed by atoms with van der Waals surface area (Å²) in [5.41, 5.74) is -1.18. The molecule has 0 fully saturated rings. The third kappa shape index (κ3) is 6.22. The monoisotopic (exact) mass is 258 g/mol. The van der Waals surface area contributed by atoms with Gasteiger partial charge in [0.05, 0.1) is 5.41 Å². The number of carboxylic acids is 1. The molecule has 1 unspecified atom stereocenters. The van der Waals surface area contributed by atoms with Crippen LogP contribution in [0, 0.1) is 11.3 Å². The fraction of sp³-hybridized carbons (Fsp3) is 0.750. The number of aliphatic carboxylic acids is 1. The fourth-order valence-electron chi connectivity index (χ4n) is 1.10. The number of urea groups is 1. The van der Waals surface area contributed by atoms with Crippen molar-refractivity contribution in [2.75, 3.05) is 6.54 Å². The van der Waals surface area contributed by atoms with Gasteiger partial charge >= 0.3 is 12.0 Å². The van der Waals surface area contributed by atoms with Crippen LogP contribution in [-0.2, 0) is 9.59 Å². The minimum absolute atomic E-state index is 0.237. The average Bonchev–Trinajstić information content (AvgIpc) is 2.24. The Bertz CT molecular complexity index is 326. The van der Waals surface area contributed by atoms with Gasteiger partial charge in [-0.05, 0) is 19.8 Å². The van der Waals surface area contributed by atoms with Crippen molar-refractivity contribution in [1.29, 1.82) is 0 Å². The molecule has 0 aliphatic carbocycles. The van der Waals surface area contributed by atoms with Gasteiger partial charge in [0.1, 0.15) is 0 Å². The van der Waals surface area contributed by atoms with Gasteiger partial charge in [-0.1, -0.05) is 20.3 Å². The summed E-state index contributed by atoms with van der Waals surface area (Å²) in [7, 11) is 0. The zero-order valence-electron chi connectivity index (χ0n) is 11.4. The van der Waals surface area contributed by atoms with Crippen molar-refractivity contribution in [3.63, 3.8) is 0 Å². The molecule has 0 heterocycles. The highest BCUT2D eigenvalue weighted by Gasteiger charge is 2.30. The molecule has 0 aromatic heterocycles. The molecule has 6 heteroatoms. The van der Waals surface area contributed by atoms with Gasteiger partial charge in [0.25, 0.3) is 0 Å². The van der Waals surface area contributed by atoms with Gasteiger partial charge in [0.2, 0.25) is 5.91 Å². The number of hydrogen-bond donors (Lipinski definition) is 3. The van der Waals surface area contributed by atoms with Crippen LogP contribution in [0.25, 0.3) is 0 Å². The number of carboxylic acid groups (broad SMARTS) is 1. The lowest BCUT2D eigenvalue weighted by Crippen LogP contribution is -2.43. The predicted molar refractivity (Wildman–Crippen MR) is 67.0 cm³/mol. The first kappa shape index (κ1) is 16.4. The normalized spacial score (nSPS) is 12.7. The lowest BCUT2D eigenvalue weighted by molar-refractivity contribution is -0.149. The fourth-order valence-corrected chi connectivity index (χ4v) is 1.10. The Morgan fingerprint density at radius 1 is 1.28 bits per heavy atom. The number of nitrogens with one attached hydrogen (secondary N) is 2. The third-order valence-electron chi connectivity index (χ3n) is 2.74. The zero-order valence-corrected chi connectivity index (χ0v) is 11.4. The van der Waals surface area contributed by atoms with Crippen LogP contribution in [0.3, 0.4) is 0 Å². The van der Waals surface area contributed by atoms with Gasteiger partial charge in [-0.2, -0.15) is 0 Å². The van der Waals surface area contributed by atoms with Crippen LogP contribution in [0.1, 0.15) is 40.5 Å². The van der Waals surface area contributed by atoms with Crippen molar-refractivity contribution >= 4 is 17.9 Å². The van der Waals surface area contributed by atoms with Crippen molar-refractivity contribution in [3.05, 3.63) is 0 Å². The number of hydrogen-bond acceptors (Lipinski definition) is 3. The number of rotatable bonds is 6. The maximum Gasteiger partial charge on any atom is 0.321 e. The molecule has 6 nitrogen and oxygen atoms in total. The van der Waals surface area contributed by atoms with E-state index in [0.717, 1.165) is 6.42 Å². The van der Waals surface area contributed by atoms with Crippen LogP contribution in [0.4, 0.5) is 4.79 Å². The van der Waals surface area contributed by atoms with Crippen LogP contribution in [-0.4, -0.2) is 29.6 Å². The molecule has 0 saturated carbocycles. The lowest BCUT2D eigenvalue weighted by atomic mass is 9.89. The van der Waals surface area contributed by atoms with E-state index in [1.165, 1.54) is 13.8 Å². The van der Waals surface area contributed by atoms with Gasteiger partial charge < -0.3 is 10.4 Å². The number of carbonyl (C=O) groups is 3. The molecule has 1 atom stereocenters. The maximum absolute atomic E-state index is 11.5. The summed E-state index contributed by atoms with van der Waals surface area (Å²) in [5.74, 6) is -1.33. The van der Waals surface area contributed by atoms with E-state index in [0.29, 0.717) is 12.5 Å². The molecule has 3 amide bonds. The first-order valence-electron chi connectivity index (χ1n) is 6.00. The standard InChI is InChI=1S/C12H22N2O4/c1-5-8(2)7-13-11(18)14-9(15)6-12(3,4)10(16)17/h8H,5-7H2,1-4H3,(H,16,17)(H2,13,14,15,18). The molecule has 0 aliphatic rings. The quantitative estimate of drug-likeness (QED) is 0.670. The summed E-state index contributed by atoms with van der Waals surface area (Å²) in [6, 6.07) is -0.582. The van der Waals surface area contributed by atoms with Crippen LogP contribution in [0.15, 0.2) is 0 Å². The zero-order chi connectivity index (χ0) is 14.3. The molecule has 0 aromatic rings. The highest BCUT2D eigenvalue weighted by atomic mass is 16.4. The molecule has 18 heavy (non-hydrogen) atoms. The molecule has 0 bridgehead atoms. The summed E-state index contributed by atoms with van der Waals surface area (Å²) < 4.78 is 0. The summed E-state index contributed by atoms with van der Waals surface area (Å²) in [6.45, 7) is 7.34. The minimum atomic E-state index is -1.18. The maximum atomic E-state index is 11.5. The smallest absolute Gasteiger partial charge is 0.321 e. The van der Waals surface area contributed by atoms with E-state index in [9.17, 15) is 14.4 Å². The molecule has 3 N–H and O–H groups in total. The summed E-state index contributed by atoms with van der Waals surface area (Å²) >= 11 is 0. The summed E-state index contributed by atoms with van der Waals surface area (Å²) in [4.78, 5) is 33.6. The Hall–Kier alpha value is -1.59. The van der Waals surface area contributed by atoms with Gasteiger partial charge in [0.15, 0.2) is 0 Å². The molecule has 0 spiro atoms. The van der Waals surface area contributed by atoms with Gasteiger partial charge in [0, 0.05) is 13.0 Å². The molecular weight excluding hydrogens is 236 g/mol. The molecule has 0 rings (SSSR count). The van der Waals surface area contributed by atoms with Crippen LogP contribution >= 0.6 is 0 Å². The van der Waals surface area contributed by atoms with E-state index in [4.69, 9.17) is 5.11 Å². The van der Waals surface area contributed by atoms with E-state index in [1.54, 1.807) is 0 Å². The van der Waals surface area contributed by atoms with Crippen LogP contribution < -0.4 is 10.6 Å². The molecular formula is C12H22N2O4. The number of imide groups is 1.